The standard InChI is InChI=1S/C27H38O18/c1-11(30)39-8-14-17(32)22(43-25-20(35)19(34)16(31)13(7-28)41-25)21(36)26(42-14)45-27(10-29)23(37)18(33)15(44-27)9-40-24(38)12-5-3-2-4-6-12/h2-6,13-23,25-26,28-29,31-37H,7-10H2,1H3/t13-,14-,15-,16-,17-,18-,19+,20-,21-,22+,23+,25+,26-,27+/m1/s1. The maximum Gasteiger partial charge on any atom is 0.338 e. The van der Waals surface area contributed by atoms with Crippen LogP contribution < -0.4 is 0 Å². The normalized spacial score (nSPS) is 41.9. The summed E-state index contributed by atoms with van der Waals surface area (Å²) in [7, 11) is 0. The Balaban J connectivity index is 1.52. The summed E-state index contributed by atoms with van der Waals surface area (Å²) in [6.07, 6.45) is -23.2. The van der Waals surface area contributed by atoms with Crippen LogP contribution in [0.3, 0.4) is 0 Å². The number of rotatable bonds is 11. The van der Waals surface area contributed by atoms with Gasteiger partial charge in [-0.25, -0.2) is 4.79 Å². The van der Waals surface area contributed by atoms with Crippen LogP contribution in [0, 0.1) is 0 Å². The number of carbonyl (C=O) groups excluding carboxylic acids is 2. The molecule has 18 nitrogen and oxygen atoms in total. The van der Waals surface area contributed by atoms with Crippen molar-refractivity contribution >= 4 is 11.9 Å². The van der Waals surface area contributed by atoms with E-state index in [1.165, 1.54) is 12.1 Å². The van der Waals surface area contributed by atoms with Gasteiger partial charge in [-0.2, -0.15) is 0 Å². The smallest absolute Gasteiger partial charge is 0.338 e. The highest BCUT2D eigenvalue weighted by Crippen LogP contribution is 2.37. The maximum absolute atomic E-state index is 12.4. The molecule has 0 unspecified atom stereocenters. The summed E-state index contributed by atoms with van der Waals surface area (Å²) in [4.78, 5) is 23.8. The molecule has 3 saturated heterocycles. The number of hydrogen-bond donors (Lipinski definition) is 9. The Bertz CT molecular complexity index is 1120. The van der Waals surface area contributed by atoms with Crippen LogP contribution >= 0.6 is 0 Å². The highest BCUT2D eigenvalue weighted by molar-refractivity contribution is 5.89. The molecule has 9 N–H and O–H groups in total. The van der Waals surface area contributed by atoms with Crippen LogP contribution in [0.2, 0.25) is 0 Å². The number of aliphatic hydroxyl groups excluding tert-OH is 9. The number of aliphatic hydroxyl groups is 9. The summed E-state index contributed by atoms with van der Waals surface area (Å²) in [5.41, 5.74) is 0.191. The Labute approximate surface area is 255 Å². The zero-order valence-electron chi connectivity index (χ0n) is 23.9. The van der Waals surface area contributed by atoms with Gasteiger partial charge < -0.3 is 79.1 Å². The first-order chi connectivity index (χ1) is 21.3. The number of benzene rings is 1. The van der Waals surface area contributed by atoms with Gasteiger partial charge in [-0.1, -0.05) is 18.2 Å². The van der Waals surface area contributed by atoms with E-state index in [1.807, 2.05) is 0 Å². The lowest BCUT2D eigenvalue weighted by Crippen LogP contribution is -2.66. The zero-order chi connectivity index (χ0) is 33.1. The molecule has 3 aliphatic heterocycles. The second-order valence-electron chi connectivity index (χ2n) is 10.8. The average molecular weight is 651 g/mol. The maximum atomic E-state index is 12.4. The van der Waals surface area contributed by atoms with Crippen molar-refractivity contribution in [3.8, 4) is 0 Å². The molecule has 1 aromatic carbocycles. The fourth-order valence-corrected chi connectivity index (χ4v) is 5.10. The van der Waals surface area contributed by atoms with Crippen LogP contribution in [0.1, 0.15) is 17.3 Å². The van der Waals surface area contributed by atoms with Gasteiger partial charge in [0.05, 0.1) is 12.2 Å². The van der Waals surface area contributed by atoms with Crippen molar-refractivity contribution < 1.29 is 88.7 Å². The van der Waals surface area contributed by atoms with Crippen molar-refractivity contribution in [1.82, 2.24) is 0 Å². The Morgan fingerprint density at radius 3 is 2.02 bits per heavy atom. The summed E-state index contributed by atoms with van der Waals surface area (Å²) in [5, 5.41) is 93.9. The molecule has 0 spiro atoms. The topological polar surface area (TPSA) is 281 Å². The van der Waals surface area contributed by atoms with Gasteiger partial charge in [-0.15, -0.1) is 0 Å². The Hall–Kier alpha value is -2.40. The molecule has 3 heterocycles. The summed E-state index contributed by atoms with van der Waals surface area (Å²) >= 11 is 0. The van der Waals surface area contributed by atoms with E-state index in [9.17, 15) is 55.5 Å². The van der Waals surface area contributed by atoms with Gasteiger partial charge in [0.25, 0.3) is 0 Å². The first-order valence-corrected chi connectivity index (χ1v) is 14.0. The van der Waals surface area contributed by atoms with Crippen LogP contribution in [-0.4, -0.2) is 170 Å². The molecule has 3 aliphatic rings. The van der Waals surface area contributed by atoms with Gasteiger partial charge in [0.2, 0.25) is 5.79 Å². The average Bonchev–Trinajstić information content (AvgIpc) is 3.27. The molecule has 4 rings (SSSR count). The Morgan fingerprint density at radius 1 is 0.756 bits per heavy atom. The molecule has 0 saturated carbocycles. The van der Waals surface area contributed by atoms with Gasteiger partial charge in [-0.3, -0.25) is 4.79 Å². The van der Waals surface area contributed by atoms with Crippen molar-refractivity contribution in [2.45, 2.75) is 92.4 Å². The molecule has 18 heteroatoms. The van der Waals surface area contributed by atoms with E-state index >= 15 is 0 Å². The summed E-state index contributed by atoms with van der Waals surface area (Å²) in [6.45, 7) is -2.11. The lowest BCUT2D eigenvalue weighted by molar-refractivity contribution is -0.399. The Kier molecular flexibility index (Phi) is 11.8. The fraction of sp³-hybridized carbons (Fsp3) is 0.704. The van der Waals surface area contributed by atoms with E-state index in [0.29, 0.717) is 0 Å². The third kappa shape index (κ3) is 7.61. The lowest BCUT2D eigenvalue weighted by Gasteiger charge is -2.47. The molecular weight excluding hydrogens is 612 g/mol. The van der Waals surface area contributed by atoms with Gasteiger partial charge >= 0.3 is 11.9 Å². The van der Waals surface area contributed by atoms with E-state index in [-0.39, 0.29) is 5.56 Å². The van der Waals surface area contributed by atoms with Crippen molar-refractivity contribution in [3.05, 3.63) is 35.9 Å². The molecule has 0 aromatic heterocycles. The van der Waals surface area contributed by atoms with E-state index in [1.54, 1.807) is 18.2 Å². The number of esters is 2. The molecule has 0 amide bonds. The van der Waals surface area contributed by atoms with Gasteiger partial charge in [0.15, 0.2) is 12.6 Å². The minimum atomic E-state index is -2.50. The summed E-state index contributed by atoms with van der Waals surface area (Å²) < 4.78 is 37.8. The highest BCUT2D eigenvalue weighted by Gasteiger charge is 2.59. The van der Waals surface area contributed by atoms with E-state index in [4.69, 9.17) is 33.2 Å². The molecule has 1 aromatic rings. The minimum absolute atomic E-state index is 0.191. The van der Waals surface area contributed by atoms with E-state index in [2.05, 4.69) is 0 Å². The SMILES string of the molecule is CC(=O)OC[C@H]1O[C@H](O[C@]2(CO)O[C@H](COC(=O)c3ccccc3)[C@@H](O)[C@@H]2O)[C@H](O)[C@@H](O[C@@H]2O[C@H](CO)[C@@H](O)[C@H](O)[C@H]2O)[C@@H]1O. The second kappa shape index (κ2) is 15.0. The second-order valence-corrected chi connectivity index (χ2v) is 10.8. The first-order valence-electron chi connectivity index (χ1n) is 14.0. The summed E-state index contributed by atoms with van der Waals surface area (Å²) in [6, 6.07) is 7.84. The number of hydrogen-bond acceptors (Lipinski definition) is 18. The van der Waals surface area contributed by atoms with Crippen LogP contribution in [0.4, 0.5) is 0 Å². The molecule has 0 radical (unpaired) electrons. The monoisotopic (exact) mass is 650 g/mol. The number of carbonyl (C=O) groups is 2. The molecule has 0 aliphatic carbocycles. The lowest BCUT2D eigenvalue weighted by atomic mass is 9.96. The third-order valence-corrected chi connectivity index (χ3v) is 7.66. The largest absolute Gasteiger partial charge is 0.463 e. The molecular formula is C27H38O18. The van der Waals surface area contributed by atoms with Crippen molar-refractivity contribution in [1.29, 1.82) is 0 Å². The van der Waals surface area contributed by atoms with Crippen molar-refractivity contribution in [2.24, 2.45) is 0 Å². The molecule has 45 heavy (non-hydrogen) atoms. The van der Waals surface area contributed by atoms with Crippen LogP contribution in [0.15, 0.2) is 30.3 Å². The van der Waals surface area contributed by atoms with Crippen LogP contribution in [0.25, 0.3) is 0 Å². The van der Waals surface area contributed by atoms with Gasteiger partial charge in [0, 0.05) is 6.92 Å². The van der Waals surface area contributed by atoms with Crippen molar-refractivity contribution in [3.63, 3.8) is 0 Å². The van der Waals surface area contributed by atoms with Crippen LogP contribution in [-0.2, 0) is 38.0 Å². The molecule has 14 atom stereocenters. The van der Waals surface area contributed by atoms with E-state index in [0.717, 1.165) is 6.92 Å². The summed E-state index contributed by atoms with van der Waals surface area (Å²) in [5.74, 6) is -4.06. The predicted octanol–water partition coefficient (Wildman–Crippen LogP) is -5.14. The van der Waals surface area contributed by atoms with Gasteiger partial charge in [0.1, 0.15) is 87.0 Å². The number of ether oxygens (including phenoxy) is 7. The molecule has 3 fully saturated rings. The Morgan fingerprint density at radius 2 is 1.40 bits per heavy atom. The predicted molar refractivity (Wildman–Crippen MR) is 140 cm³/mol. The first kappa shape index (κ1) is 35.5. The molecule has 254 valence electrons. The minimum Gasteiger partial charge on any atom is -0.463 e. The zero-order valence-corrected chi connectivity index (χ0v) is 23.9. The molecule has 0 bridgehead atoms. The fourth-order valence-electron chi connectivity index (χ4n) is 5.10. The van der Waals surface area contributed by atoms with E-state index < -0.39 is 124 Å². The quantitative estimate of drug-likeness (QED) is 0.101. The van der Waals surface area contributed by atoms with Crippen LogP contribution in [0.5, 0.6) is 0 Å². The van der Waals surface area contributed by atoms with Crippen molar-refractivity contribution in [2.75, 3.05) is 26.4 Å². The third-order valence-electron chi connectivity index (χ3n) is 7.66. The highest BCUT2D eigenvalue weighted by atomic mass is 16.8. The van der Waals surface area contributed by atoms with Gasteiger partial charge in [-0.05, 0) is 12.1 Å².